The molecule has 1 aromatic carbocycles. The predicted molar refractivity (Wildman–Crippen MR) is 110 cm³/mol. The molecule has 2 N–H and O–H groups in total. The van der Waals surface area contributed by atoms with Crippen LogP contribution in [0.15, 0.2) is 18.2 Å². The molecule has 29 heavy (non-hydrogen) atoms. The van der Waals surface area contributed by atoms with Crippen LogP contribution in [-0.2, 0) is 17.7 Å². The maximum Gasteiger partial charge on any atom is 0.291 e. The number of aryl methyl sites for hydroxylation is 2. The highest BCUT2D eigenvalue weighted by atomic mass is 16.5. The number of fused-ring (bicyclic) bond motifs is 1. The molecule has 1 aromatic heterocycles. The average Bonchev–Trinajstić information content (AvgIpc) is 3.37. The zero-order chi connectivity index (χ0) is 20.4. The van der Waals surface area contributed by atoms with E-state index in [4.69, 9.17) is 4.74 Å². The van der Waals surface area contributed by atoms with Gasteiger partial charge < -0.3 is 19.9 Å². The predicted octanol–water partition coefficient (Wildman–Crippen LogP) is 3.00. The average molecular weight is 396 g/mol. The molecule has 0 saturated carbocycles. The molecule has 7 nitrogen and oxygen atoms in total. The van der Waals surface area contributed by atoms with Gasteiger partial charge in [0.1, 0.15) is 5.69 Å². The van der Waals surface area contributed by atoms with Crippen LogP contribution in [0.4, 0.5) is 5.69 Å². The lowest BCUT2D eigenvalue weighted by molar-refractivity contribution is 0.0853. The SMILES string of the molecule is Cc1ccc(NC(=O)c2nc(C(=O)NCC3CCCO3)c3n2CCCC3)cc1C. The summed E-state index contributed by atoms with van der Waals surface area (Å²) in [6.45, 7) is 5.99. The molecule has 154 valence electrons. The first-order valence-electron chi connectivity index (χ1n) is 10.4. The summed E-state index contributed by atoms with van der Waals surface area (Å²) in [6.07, 6.45) is 4.80. The Bertz CT molecular complexity index is 928. The number of rotatable bonds is 5. The number of carbonyl (C=O) groups excluding carboxylic acids is 2. The van der Waals surface area contributed by atoms with Crippen molar-refractivity contribution in [3.05, 3.63) is 46.5 Å². The summed E-state index contributed by atoms with van der Waals surface area (Å²) in [5.41, 5.74) is 4.24. The lowest BCUT2D eigenvalue weighted by Crippen LogP contribution is -2.32. The van der Waals surface area contributed by atoms with Crippen molar-refractivity contribution in [1.82, 2.24) is 14.9 Å². The Morgan fingerprint density at radius 2 is 2.03 bits per heavy atom. The molecule has 1 atom stereocenters. The molecule has 2 aliphatic heterocycles. The quantitative estimate of drug-likeness (QED) is 0.814. The molecule has 1 fully saturated rings. The van der Waals surface area contributed by atoms with Gasteiger partial charge in [0.05, 0.1) is 11.8 Å². The Morgan fingerprint density at radius 1 is 1.17 bits per heavy atom. The molecule has 0 spiro atoms. The van der Waals surface area contributed by atoms with E-state index in [2.05, 4.69) is 15.6 Å². The van der Waals surface area contributed by atoms with Crippen LogP contribution in [0.25, 0.3) is 0 Å². The molecule has 2 amide bonds. The van der Waals surface area contributed by atoms with Crippen LogP contribution in [0.2, 0.25) is 0 Å². The molecule has 1 saturated heterocycles. The molecule has 3 heterocycles. The van der Waals surface area contributed by atoms with Crippen molar-refractivity contribution < 1.29 is 14.3 Å². The summed E-state index contributed by atoms with van der Waals surface area (Å²) in [5, 5.41) is 5.87. The van der Waals surface area contributed by atoms with E-state index in [1.54, 1.807) is 0 Å². The van der Waals surface area contributed by atoms with E-state index in [-0.39, 0.29) is 17.9 Å². The number of anilines is 1. The van der Waals surface area contributed by atoms with Crippen LogP contribution in [-0.4, -0.2) is 40.6 Å². The second kappa shape index (κ2) is 8.37. The number of benzene rings is 1. The molecule has 0 aliphatic carbocycles. The van der Waals surface area contributed by atoms with E-state index in [9.17, 15) is 9.59 Å². The largest absolute Gasteiger partial charge is 0.376 e. The first kappa shape index (κ1) is 19.6. The summed E-state index contributed by atoms with van der Waals surface area (Å²) in [6, 6.07) is 5.81. The lowest BCUT2D eigenvalue weighted by Gasteiger charge is -2.17. The Labute approximate surface area is 170 Å². The van der Waals surface area contributed by atoms with Gasteiger partial charge in [-0.05, 0) is 69.2 Å². The Morgan fingerprint density at radius 3 is 2.79 bits per heavy atom. The first-order chi connectivity index (χ1) is 14.0. The minimum Gasteiger partial charge on any atom is -0.376 e. The smallest absolute Gasteiger partial charge is 0.291 e. The molecule has 2 aromatic rings. The molecular weight excluding hydrogens is 368 g/mol. The van der Waals surface area contributed by atoms with Crippen molar-refractivity contribution in [3.8, 4) is 0 Å². The highest BCUT2D eigenvalue weighted by Gasteiger charge is 2.28. The summed E-state index contributed by atoms with van der Waals surface area (Å²) in [7, 11) is 0. The van der Waals surface area contributed by atoms with Crippen molar-refractivity contribution in [1.29, 1.82) is 0 Å². The molecule has 0 radical (unpaired) electrons. The van der Waals surface area contributed by atoms with Crippen molar-refractivity contribution >= 4 is 17.5 Å². The zero-order valence-corrected chi connectivity index (χ0v) is 17.1. The van der Waals surface area contributed by atoms with Gasteiger partial charge in [0, 0.05) is 25.4 Å². The number of nitrogens with zero attached hydrogens (tertiary/aromatic N) is 2. The number of carbonyl (C=O) groups is 2. The zero-order valence-electron chi connectivity index (χ0n) is 17.1. The number of nitrogens with one attached hydrogen (secondary N) is 2. The van der Waals surface area contributed by atoms with Gasteiger partial charge in [-0.15, -0.1) is 0 Å². The third kappa shape index (κ3) is 4.19. The minimum absolute atomic E-state index is 0.0740. The van der Waals surface area contributed by atoms with Crippen molar-refractivity contribution in [2.24, 2.45) is 0 Å². The van der Waals surface area contributed by atoms with Gasteiger partial charge in [-0.2, -0.15) is 0 Å². The van der Waals surface area contributed by atoms with Crippen LogP contribution in [0.3, 0.4) is 0 Å². The summed E-state index contributed by atoms with van der Waals surface area (Å²) < 4.78 is 7.48. The fourth-order valence-corrected chi connectivity index (χ4v) is 4.00. The Hall–Kier alpha value is -2.67. The third-order valence-corrected chi connectivity index (χ3v) is 5.82. The number of hydrogen-bond acceptors (Lipinski definition) is 4. The van der Waals surface area contributed by atoms with Crippen LogP contribution in [0.5, 0.6) is 0 Å². The van der Waals surface area contributed by atoms with E-state index < -0.39 is 0 Å². The number of hydrogen-bond donors (Lipinski definition) is 2. The van der Waals surface area contributed by atoms with E-state index in [0.717, 1.165) is 55.7 Å². The van der Waals surface area contributed by atoms with Crippen LogP contribution in [0, 0.1) is 13.8 Å². The number of aromatic nitrogens is 2. The summed E-state index contributed by atoms with van der Waals surface area (Å²) in [4.78, 5) is 30.2. The molecule has 0 bridgehead atoms. The Balaban J connectivity index is 1.54. The fraction of sp³-hybridized carbons (Fsp3) is 0.500. The van der Waals surface area contributed by atoms with Crippen molar-refractivity contribution in [2.75, 3.05) is 18.5 Å². The van der Waals surface area contributed by atoms with Gasteiger partial charge in [-0.1, -0.05) is 6.07 Å². The summed E-state index contributed by atoms with van der Waals surface area (Å²) >= 11 is 0. The van der Waals surface area contributed by atoms with Gasteiger partial charge >= 0.3 is 0 Å². The number of ether oxygens (including phenoxy) is 1. The molecule has 2 aliphatic rings. The highest BCUT2D eigenvalue weighted by molar-refractivity contribution is 6.03. The molecule has 1 unspecified atom stereocenters. The molecule has 7 heteroatoms. The normalized spacial score (nSPS) is 18.3. The number of imidazole rings is 1. The lowest BCUT2D eigenvalue weighted by atomic mass is 10.1. The second-order valence-corrected chi connectivity index (χ2v) is 7.94. The van der Waals surface area contributed by atoms with Gasteiger partial charge in [0.15, 0.2) is 5.82 Å². The van der Waals surface area contributed by atoms with E-state index in [0.29, 0.717) is 24.6 Å². The van der Waals surface area contributed by atoms with E-state index >= 15 is 0 Å². The van der Waals surface area contributed by atoms with Gasteiger partial charge in [0.2, 0.25) is 0 Å². The second-order valence-electron chi connectivity index (χ2n) is 7.94. The fourth-order valence-electron chi connectivity index (χ4n) is 4.00. The summed E-state index contributed by atoms with van der Waals surface area (Å²) in [5.74, 6) is -0.203. The van der Waals surface area contributed by atoms with Crippen LogP contribution < -0.4 is 10.6 Å². The number of amides is 2. The first-order valence-corrected chi connectivity index (χ1v) is 10.4. The van der Waals surface area contributed by atoms with E-state index in [1.165, 1.54) is 5.56 Å². The third-order valence-electron chi connectivity index (χ3n) is 5.82. The molecular formula is C22H28N4O3. The van der Waals surface area contributed by atoms with Crippen molar-refractivity contribution in [2.45, 2.75) is 58.6 Å². The minimum atomic E-state index is -0.283. The maximum absolute atomic E-state index is 12.9. The van der Waals surface area contributed by atoms with Gasteiger partial charge in [0.25, 0.3) is 11.8 Å². The monoisotopic (exact) mass is 396 g/mol. The van der Waals surface area contributed by atoms with Gasteiger partial charge in [-0.3, -0.25) is 9.59 Å². The standard InChI is InChI=1S/C22H28N4O3/c1-14-8-9-16(12-15(14)2)24-22(28)20-25-19(18-7-3-4-10-26(18)20)21(27)23-13-17-6-5-11-29-17/h8-9,12,17H,3-7,10-11,13H2,1-2H3,(H,23,27)(H,24,28). The highest BCUT2D eigenvalue weighted by Crippen LogP contribution is 2.23. The maximum atomic E-state index is 12.9. The van der Waals surface area contributed by atoms with Crippen molar-refractivity contribution in [3.63, 3.8) is 0 Å². The Kier molecular flexibility index (Phi) is 5.67. The van der Waals surface area contributed by atoms with E-state index in [1.807, 2.05) is 36.6 Å². The van der Waals surface area contributed by atoms with Crippen LogP contribution >= 0.6 is 0 Å². The molecule has 4 rings (SSSR count). The van der Waals surface area contributed by atoms with Gasteiger partial charge in [-0.25, -0.2) is 4.98 Å². The van der Waals surface area contributed by atoms with Crippen LogP contribution in [0.1, 0.15) is 63.6 Å². The topological polar surface area (TPSA) is 85.2 Å².